The standard InChI is InChI=1S/C23H15ClO5/c24-18-6-8-19(9-7-18)27-14-15-1-3-16(4-2-15)23(26)28-20-10-11-21-17(13-20)5-12-22(25)29-21/h1-13H,14H2. The Hall–Kier alpha value is -3.57. The summed E-state index contributed by atoms with van der Waals surface area (Å²) < 4.78 is 16.2. The maximum absolute atomic E-state index is 12.4. The minimum atomic E-state index is -0.480. The van der Waals surface area contributed by atoms with E-state index in [1.165, 1.54) is 6.07 Å². The molecule has 29 heavy (non-hydrogen) atoms. The van der Waals surface area contributed by atoms with Crippen molar-refractivity contribution in [3.05, 3.63) is 105 Å². The highest BCUT2D eigenvalue weighted by atomic mass is 35.5. The van der Waals surface area contributed by atoms with Crippen LogP contribution in [0.5, 0.6) is 11.5 Å². The fraction of sp³-hybridized carbons (Fsp3) is 0.0435. The molecule has 0 aliphatic rings. The molecule has 3 aromatic carbocycles. The van der Waals surface area contributed by atoms with Gasteiger partial charge in [0.1, 0.15) is 23.7 Å². The molecule has 0 aliphatic carbocycles. The van der Waals surface area contributed by atoms with Crippen LogP contribution in [0.15, 0.2) is 88.1 Å². The Morgan fingerprint density at radius 1 is 0.862 bits per heavy atom. The summed E-state index contributed by atoms with van der Waals surface area (Å²) >= 11 is 5.85. The van der Waals surface area contributed by atoms with E-state index in [4.69, 9.17) is 25.5 Å². The molecular weight excluding hydrogens is 392 g/mol. The van der Waals surface area contributed by atoms with Crippen molar-refractivity contribution in [1.82, 2.24) is 0 Å². The van der Waals surface area contributed by atoms with Crippen LogP contribution in [0, 0.1) is 0 Å². The Kier molecular flexibility index (Phi) is 5.31. The Labute approximate surface area is 171 Å². The van der Waals surface area contributed by atoms with Crippen molar-refractivity contribution in [2.24, 2.45) is 0 Å². The van der Waals surface area contributed by atoms with Crippen LogP contribution in [0.1, 0.15) is 15.9 Å². The first kappa shape index (κ1) is 18.8. The Morgan fingerprint density at radius 3 is 2.34 bits per heavy atom. The number of hydrogen-bond acceptors (Lipinski definition) is 5. The fourth-order valence-electron chi connectivity index (χ4n) is 2.71. The van der Waals surface area contributed by atoms with Crippen LogP contribution in [0.25, 0.3) is 11.0 Å². The normalized spacial score (nSPS) is 10.7. The van der Waals surface area contributed by atoms with Gasteiger partial charge in [-0.15, -0.1) is 0 Å². The van der Waals surface area contributed by atoms with Gasteiger partial charge in [-0.05, 0) is 66.2 Å². The monoisotopic (exact) mass is 406 g/mol. The third kappa shape index (κ3) is 4.65. The minimum Gasteiger partial charge on any atom is -0.489 e. The molecule has 0 amide bonds. The van der Waals surface area contributed by atoms with Crippen molar-refractivity contribution >= 4 is 28.5 Å². The van der Waals surface area contributed by atoms with Gasteiger partial charge in [-0.25, -0.2) is 9.59 Å². The SMILES string of the molecule is O=C(Oc1ccc2oc(=O)ccc2c1)c1ccc(COc2ccc(Cl)cc2)cc1. The zero-order valence-corrected chi connectivity index (χ0v) is 15.9. The molecule has 1 aromatic heterocycles. The van der Waals surface area contributed by atoms with E-state index in [-0.39, 0.29) is 0 Å². The van der Waals surface area contributed by atoms with Crippen LogP contribution in [0.2, 0.25) is 5.02 Å². The molecule has 4 rings (SSSR count). The number of esters is 1. The summed E-state index contributed by atoms with van der Waals surface area (Å²) in [5.74, 6) is 0.600. The van der Waals surface area contributed by atoms with Crippen LogP contribution >= 0.6 is 11.6 Å². The van der Waals surface area contributed by atoms with E-state index in [1.54, 1.807) is 60.7 Å². The topological polar surface area (TPSA) is 65.7 Å². The van der Waals surface area contributed by atoms with Gasteiger partial charge in [-0.3, -0.25) is 0 Å². The van der Waals surface area contributed by atoms with Crippen molar-refractivity contribution < 1.29 is 18.7 Å². The molecule has 0 bridgehead atoms. The molecule has 144 valence electrons. The minimum absolute atomic E-state index is 0.367. The molecule has 0 aliphatic heterocycles. The zero-order chi connectivity index (χ0) is 20.2. The lowest BCUT2D eigenvalue weighted by Gasteiger charge is -2.08. The van der Waals surface area contributed by atoms with E-state index < -0.39 is 11.6 Å². The number of rotatable bonds is 5. The lowest BCUT2D eigenvalue weighted by molar-refractivity contribution is 0.0735. The maximum Gasteiger partial charge on any atom is 0.343 e. The molecular formula is C23H15ClO5. The van der Waals surface area contributed by atoms with Crippen molar-refractivity contribution in [2.75, 3.05) is 0 Å². The third-order valence-electron chi connectivity index (χ3n) is 4.21. The first-order chi connectivity index (χ1) is 14.1. The van der Waals surface area contributed by atoms with Crippen LogP contribution < -0.4 is 15.1 Å². The predicted octanol–water partition coefficient (Wildman–Crippen LogP) is 5.24. The molecule has 0 saturated carbocycles. The summed E-state index contributed by atoms with van der Waals surface area (Å²) in [5.41, 5.74) is 1.34. The van der Waals surface area contributed by atoms with E-state index in [1.807, 2.05) is 12.1 Å². The highest BCUT2D eigenvalue weighted by Crippen LogP contribution is 2.21. The second-order valence-electron chi connectivity index (χ2n) is 6.28. The molecule has 0 unspecified atom stereocenters. The van der Waals surface area contributed by atoms with Gasteiger partial charge in [-0.2, -0.15) is 0 Å². The molecule has 0 radical (unpaired) electrons. The van der Waals surface area contributed by atoms with Gasteiger partial charge >= 0.3 is 11.6 Å². The largest absolute Gasteiger partial charge is 0.489 e. The maximum atomic E-state index is 12.4. The second kappa shape index (κ2) is 8.20. The van der Waals surface area contributed by atoms with Gasteiger partial charge in [0.25, 0.3) is 0 Å². The summed E-state index contributed by atoms with van der Waals surface area (Å²) in [6.45, 7) is 0.368. The Bertz CT molecular complexity index is 1210. The molecule has 0 atom stereocenters. The van der Waals surface area contributed by atoms with E-state index in [9.17, 15) is 9.59 Å². The average molecular weight is 407 g/mol. The average Bonchev–Trinajstić information content (AvgIpc) is 2.74. The number of fused-ring (bicyclic) bond motifs is 1. The molecule has 0 N–H and O–H groups in total. The van der Waals surface area contributed by atoms with Crippen molar-refractivity contribution in [2.45, 2.75) is 6.61 Å². The van der Waals surface area contributed by atoms with Crippen LogP contribution in [-0.2, 0) is 6.61 Å². The first-order valence-electron chi connectivity index (χ1n) is 8.80. The number of ether oxygens (including phenoxy) is 2. The van der Waals surface area contributed by atoms with E-state index in [0.29, 0.717) is 39.7 Å². The number of carbonyl (C=O) groups excluding carboxylic acids is 1. The Morgan fingerprint density at radius 2 is 1.59 bits per heavy atom. The van der Waals surface area contributed by atoms with E-state index >= 15 is 0 Å². The lowest BCUT2D eigenvalue weighted by Crippen LogP contribution is -2.08. The molecule has 5 nitrogen and oxygen atoms in total. The number of carbonyl (C=O) groups is 1. The van der Waals surface area contributed by atoms with E-state index in [0.717, 1.165) is 5.56 Å². The molecule has 4 aromatic rings. The highest BCUT2D eigenvalue weighted by molar-refractivity contribution is 6.30. The molecule has 6 heteroatoms. The molecule has 0 spiro atoms. The van der Waals surface area contributed by atoms with Crippen molar-refractivity contribution in [3.8, 4) is 11.5 Å². The van der Waals surface area contributed by atoms with Crippen LogP contribution in [-0.4, -0.2) is 5.97 Å². The predicted molar refractivity (Wildman–Crippen MR) is 110 cm³/mol. The number of hydrogen-bond donors (Lipinski definition) is 0. The molecule has 1 heterocycles. The summed E-state index contributed by atoms with van der Waals surface area (Å²) in [7, 11) is 0. The van der Waals surface area contributed by atoms with E-state index in [2.05, 4.69) is 0 Å². The van der Waals surface area contributed by atoms with Crippen LogP contribution in [0.4, 0.5) is 0 Å². The third-order valence-corrected chi connectivity index (χ3v) is 4.46. The van der Waals surface area contributed by atoms with Crippen LogP contribution in [0.3, 0.4) is 0 Å². The summed E-state index contributed by atoms with van der Waals surface area (Å²) in [5, 5.41) is 1.32. The zero-order valence-electron chi connectivity index (χ0n) is 15.1. The first-order valence-corrected chi connectivity index (χ1v) is 9.18. The Balaban J connectivity index is 1.40. The van der Waals surface area contributed by atoms with Crippen molar-refractivity contribution in [3.63, 3.8) is 0 Å². The molecule has 0 fully saturated rings. The highest BCUT2D eigenvalue weighted by Gasteiger charge is 2.10. The summed E-state index contributed by atoms with van der Waals surface area (Å²) in [4.78, 5) is 23.6. The number of halogens is 1. The van der Waals surface area contributed by atoms with Gasteiger partial charge in [-0.1, -0.05) is 23.7 Å². The molecule has 0 saturated heterocycles. The van der Waals surface area contributed by atoms with Crippen molar-refractivity contribution in [1.29, 1.82) is 0 Å². The van der Waals surface area contributed by atoms with Gasteiger partial charge in [0.2, 0.25) is 0 Å². The summed E-state index contributed by atoms with van der Waals surface area (Å²) in [6.07, 6.45) is 0. The lowest BCUT2D eigenvalue weighted by atomic mass is 10.1. The van der Waals surface area contributed by atoms with Gasteiger partial charge in [0.05, 0.1) is 5.56 Å². The van der Waals surface area contributed by atoms with Gasteiger partial charge < -0.3 is 13.9 Å². The second-order valence-corrected chi connectivity index (χ2v) is 6.72. The summed E-state index contributed by atoms with van der Waals surface area (Å²) in [6, 6.07) is 21.8. The quantitative estimate of drug-likeness (QED) is 0.257. The number of benzene rings is 3. The fourth-order valence-corrected chi connectivity index (χ4v) is 2.84. The van der Waals surface area contributed by atoms with Gasteiger partial charge in [0, 0.05) is 16.5 Å². The smallest absolute Gasteiger partial charge is 0.343 e. The van der Waals surface area contributed by atoms with Gasteiger partial charge in [0.15, 0.2) is 0 Å².